The first-order chi connectivity index (χ1) is 17.2. The van der Waals surface area contributed by atoms with Gasteiger partial charge in [0.2, 0.25) is 0 Å². The van der Waals surface area contributed by atoms with Gasteiger partial charge in [0.1, 0.15) is 18.2 Å². The van der Waals surface area contributed by atoms with Crippen molar-refractivity contribution in [3.63, 3.8) is 0 Å². The first-order valence-corrected chi connectivity index (χ1v) is 11.6. The van der Waals surface area contributed by atoms with Crippen molar-refractivity contribution in [2.45, 2.75) is 13.5 Å². The molecule has 0 saturated heterocycles. The van der Waals surface area contributed by atoms with E-state index in [0.717, 1.165) is 17.7 Å². The molecule has 0 bridgehead atoms. The molecule has 184 valence electrons. The Morgan fingerprint density at radius 2 is 1.75 bits per heavy atom. The van der Waals surface area contributed by atoms with Crippen molar-refractivity contribution in [1.82, 2.24) is 0 Å². The standard InChI is InChI=1S/C25H18Cl3N3O5/c1-2-35-22-10-16(9-21(28)24(22)36-14-15-6-4-3-5-7-15)8-17(13-29)25(32)30-23-19(26)11-18(31(33)34)12-20(23)27/h3-12H,2,14H2,1H3,(H,30,32)/b17-8+. The summed E-state index contributed by atoms with van der Waals surface area (Å²) in [5.41, 5.74) is 0.645. The zero-order valence-corrected chi connectivity index (χ0v) is 21.0. The van der Waals surface area contributed by atoms with Crippen LogP contribution in [0, 0.1) is 21.4 Å². The van der Waals surface area contributed by atoms with Gasteiger partial charge in [0.15, 0.2) is 11.5 Å². The Hall–Kier alpha value is -3.77. The highest BCUT2D eigenvalue weighted by molar-refractivity contribution is 6.40. The Labute approximate surface area is 221 Å². The molecule has 0 heterocycles. The molecular formula is C25H18Cl3N3O5. The van der Waals surface area contributed by atoms with Gasteiger partial charge in [0, 0.05) is 12.1 Å². The van der Waals surface area contributed by atoms with E-state index in [2.05, 4.69) is 5.32 Å². The summed E-state index contributed by atoms with van der Waals surface area (Å²) in [4.78, 5) is 23.0. The molecule has 0 fully saturated rings. The van der Waals surface area contributed by atoms with E-state index in [0.29, 0.717) is 23.7 Å². The summed E-state index contributed by atoms with van der Waals surface area (Å²) in [5.74, 6) is -0.160. The van der Waals surface area contributed by atoms with Gasteiger partial charge in [-0.3, -0.25) is 14.9 Å². The lowest BCUT2D eigenvalue weighted by Crippen LogP contribution is -2.14. The van der Waals surface area contributed by atoms with Crippen LogP contribution in [-0.2, 0) is 11.4 Å². The van der Waals surface area contributed by atoms with Crippen LogP contribution in [0.15, 0.2) is 60.2 Å². The number of nitrogens with zero attached hydrogens (tertiary/aromatic N) is 2. The fraction of sp³-hybridized carbons (Fsp3) is 0.120. The normalized spacial score (nSPS) is 10.9. The molecule has 36 heavy (non-hydrogen) atoms. The number of carbonyl (C=O) groups is 1. The molecule has 1 amide bonds. The van der Waals surface area contributed by atoms with Gasteiger partial charge < -0.3 is 14.8 Å². The van der Waals surface area contributed by atoms with Gasteiger partial charge in [-0.05, 0) is 36.3 Å². The number of non-ortho nitro benzene ring substituents is 1. The highest BCUT2D eigenvalue weighted by atomic mass is 35.5. The van der Waals surface area contributed by atoms with Crippen LogP contribution in [0.2, 0.25) is 15.1 Å². The fourth-order valence-electron chi connectivity index (χ4n) is 3.08. The molecule has 0 saturated carbocycles. The second kappa shape index (κ2) is 12.3. The summed E-state index contributed by atoms with van der Waals surface area (Å²) in [6, 6.07) is 16.5. The molecular weight excluding hydrogens is 529 g/mol. The van der Waals surface area contributed by atoms with Crippen LogP contribution in [0.1, 0.15) is 18.1 Å². The topological polar surface area (TPSA) is 114 Å². The third-order valence-electron chi connectivity index (χ3n) is 4.71. The number of ether oxygens (including phenoxy) is 2. The van der Waals surface area contributed by atoms with E-state index >= 15 is 0 Å². The van der Waals surface area contributed by atoms with Crippen LogP contribution >= 0.6 is 34.8 Å². The number of nitriles is 1. The monoisotopic (exact) mass is 545 g/mol. The van der Waals surface area contributed by atoms with Crippen molar-refractivity contribution in [1.29, 1.82) is 5.26 Å². The first kappa shape index (κ1) is 26.8. The zero-order chi connectivity index (χ0) is 26.2. The Morgan fingerprint density at radius 1 is 1.08 bits per heavy atom. The van der Waals surface area contributed by atoms with Gasteiger partial charge in [-0.1, -0.05) is 65.1 Å². The van der Waals surface area contributed by atoms with E-state index in [1.807, 2.05) is 36.4 Å². The molecule has 0 aromatic heterocycles. The van der Waals surface area contributed by atoms with Gasteiger partial charge in [-0.25, -0.2) is 0 Å². The second-order valence-corrected chi connectivity index (χ2v) is 8.42. The average molecular weight is 547 g/mol. The molecule has 1 N–H and O–H groups in total. The Balaban J connectivity index is 1.88. The van der Waals surface area contributed by atoms with E-state index in [1.54, 1.807) is 13.0 Å². The number of nitrogens with one attached hydrogen (secondary N) is 1. The summed E-state index contributed by atoms with van der Waals surface area (Å²) < 4.78 is 11.5. The maximum atomic E-state index is 12.8. The Kier molecular flexibility index (Phi) is 9.14. The SMILES string of the molecule is CCOc1cc(/C=C(\C#N)C(=O)Nc2c(Cl)cc([N+](=O)[O-])cc2Cl)cc(Cl)c1OCc1ccccc1. The van der Waals surface area contributed by atoms with E-state index in [4.69, 9.17) is 44.3 Å². The molecule has 11 heteroatoms. The number of carbonyl (C=O) groups excluding carboxylic acids is 1. The van der Waals surface area contributed by atoms with Crippen molar-refractivity contribution < 1.29 is 19.2 Å². The molecule has 0 aliphatic rings. The largest absolute Gasteiger partial charge is 0.490 e. The average Bonchev–Trinajstić information content (AvgIpc) is 2.84. The molecule has 0 unspecified atom stereocenters. The van der Waals surface area contributed by atoms with Gasteiger partial charge in [-0.2, -0.15) is 5.26 Å². The van der Waals surface area contributed by atoms with Gasteiger partial charge in [-0.15, -0.1) is 0 Å². The van der Waals surface area contributed by atoms with Crippen molar-refractivity contribution >= 4 is 58.2 Å². The maximum Gasteiger partial charge on any atom is 0.272 e. The van der Waals surface area contributed by atoms with E-state index in [-0.39, 0.29) is 38.6 Å². The van der Waals surface area contributed by atoms with Crippen LogP contribution in [0.4, 0.5) is 11.4 Å². The lowest BCUT2D eigenvalue weighted by Gasteiger charge is -2.15. The summed E-state index contributed by atoms with van der Waals surface area (Å²) in [6.07, 6.45) is 1.30. The molecule has 0 spiro atoms. The molecule has 3 rings (SSSR count). The van der Waals surface area contributed by atoms with Gasteiger partial charge in [0.25, 0.3) is 11.6 Å². The van der Waals surface area contributed by atoms with Gasteiger partial charge >= 0.3 is 0 Å². The maximum absolute atomic E-state index is 12.8. The number of rotatable bonds is 9. The van der Waals surface area contributed by atoms with Crippen molar-refractivity contribution in [2.75, 3.05) is 11.9 Å². The minimum absolute atomic E-state index is 0.0622. The van der Waals surface area contributed by atoms with E-state index in [9.17, 15) is 20.2 Å². The third kappa shape index (κ3) is 6.67. The summed E-state index contributed by atoms with van der Waals surface area (Å²) in [5, 5.41) is 22.9. The molecule has 0 aliphatic heterocycles. The fourth-order valence-corrected chi connectivity index (χ4v) is 3.93. The van der Waals surface area contributed by atoms with Crippen molar-refractivity contribution in [3.05, 3.63) is 96.5 Å². The quantitative estimate of drug-likeness (QED) is 0.133. The zero-order valence-electron chi connectivity index (χ0n) is 18.8. The van der Waals surface area contributed by atoms with Crippen LogP contribution < -0.4 is 14.8 Å². The highest BCUT2D eigenvalue weighted by Crippen LogP contribution is 2.38. The Morgan fingerprint density at radius 3 is 2.33 bits per heavy atom. The predicted octanol–water partition coefficient (Wildman–Crippen LogP) is 7.08. The lowest BCUT2D eigenvalue weighted by atomic mass is 10.1. The predicted molar refractivity (Wildman–Crippen MR) is 139 cm³/mol. The summed E-state index contributed by atoms with van der Waals surface area (Å²) in [7, 11) is 0. The number of nitro groups is 1. The molecule has 8 nitrogen and oxygen atoms in total. The number of hydrogen-bond acceptors (Lipinski definition) is 6. The van der Waals surface area contributed by atoms with E-state index in [1.165, 1.54) is 12.1 Å². The van der Waals surface area contributed by atoms with Crippen LogP contribution in [-0.4, -0.2) is 17.4 Å². The molecule has 3 aromatic carbocycles. The minimum Gasteiger partial charge on any atom is -0.490 e. The number of benzene rings is 3. The van der Waals surface area contributed by atoms with Gasteiger partial charge in [0.05, 0.1) is 32.3 Å². The summed E-state index contributed by atoms with van der Waals surface area (Å²) >= 11 is 18.5. The Bertz CT molecular complexity index is 1350. The highest BCUT2D eigenvalue weighted by Gasteiger charge is 2.19. The smallest absolute Gasteiger partial charge is 0.272 e. The third-order valence-corrected chi connectivity index (χ3v) is 5.59. The number of nitro benzene ring substituents is 1. The molecule has 0 aliphatic carbocycles. The number of anilines is 1. The van der Waals surface area contributed by atoms with Crippen molar-refractivity contribution in [2.24, 2.45) is 0 Å². The minimum atomic E-state index is -0.825. The molecule has 0 atom stereocenters. The molecule has 3 aromatic rings. The summed E-state index contributed by atoms with van der Waals surface area (Å²) in [6.45, 7) is 2.38. The number of amides is 1. The van der Waals surface area contributed by atoms with Crippen molar-refractivity contribution in [3.8, 4) is 17.6 Å². The second-order valence-electron chi connectivity index (χ2n) is 7.20. The number of hydrogen-bond donors (Lipinski definition) is 1. The van der Waals surface area contributed by atoms with E-state index < -0.39 is 10.8 Å². The van der Waals surface area contributed by atoms with Crippen LogP contribution in [0.5, 0.6) is 11.5 Å². The number of halogens is 3. The van der Waals surface area contributed by atoms with Crippen LogP contribution in [0.25, 0.3) is 6.08 Å². The molecule has 0 radical (unpaired) electrons. The lowest BCUT2D eigenvalue weighted by molar-refractivity contribution is -0.384. The first-order valence-electron chi connectivity index (χ1n) is 10.4. The van der Waals surface area contributed by atoms with Crippen LogP contribution in [0.3, 0.4) is 0 Å².